The molecule has 3 heterocycles. The van der Waals surface area contributed by atoms with Gasteiger partial charge in [-0.05, 0) is 37.1 Å². The molecule has 0 spiro atoms. The number of ether oxygens (including phenoxy) is 1. The van der Waals surface area contributed by atoms with E-state index in [0.29, 0.717) is 45.1 Å². The van der Waals surface area contributed by atoms with Crippen LogP contribution in [0.25, 0.3) is 0 Å². The molecule has 4 rings (SSSR count). The van der Waals surface area contributed by atoms with E-state index in [1.165, 1.54) is 20.2 Å². The van der Waals surface area contributed by atoms with Crippen molar-refractivity contribution >= 4 is 17.5 Å². The fraction of sp³-hybridized carbons (Fsp3) is 0.500. The van der Waals surface area contributed by atoms with Crippen molar-refractivity contribution < 1.29 is 19.0 Å². The maximum absolute atomic E-state index is 13.9. The number of nitrogens with one attached hydrogen (secondary N) is 1. The molecule has 0 radical (unpaired) electrons. The molecule has 2 aliphatic heterocycles. The van der Waals surface area contributed by atoms with Gasteiger partial charge >= 0.3 is 0 Å². The number of aromatic nitrogens is 2. The van der Waals surface area contributed by atoms with Gasteiger partial charge in [0, 0.05) is 45.2 Å². The van der Waals surface area contributed by atoms with Crippen molar-refractivity contribution in [3.63, 3.8) is 0 Å². The van der Waals surface area contributed by atoms with Gasteiger partial charge in [-0.25, -0.2) is 14.4 Å². The molecule has 1 amide bonds. The van der Waals surface area contributed by atoms with Crippen LogP contribution in [0.4, 0.5) is 16.0 Å². The van der Waals surface area contributed by atoms with E-state index in [-0.39, 0.29) is 0 Å². The number of hydrogen-bond acceptors (Lipinski definition) is 7. The average Bonchev–Trinajstić information content (AvgIpc) is 3.24. The number of aliphatic hydroxyl groups excluding tert-OH is 1. The van der Waals surface area contributed by atoms with Crippen molar-refractivity contribution in [3.05, 3.63) is 41.7 Å². The number of rotatable bonds is 6. The Bertz CT molecular complexity index is 941. The van der Waals surface area contributed by atoms with Crippen molar-refractivity contribution in [2.45, 2.75) is 32.0 Å². The lowest BCUT2D eigenvalue weighted by atomic mass is 10.0. The summed E-state index contributed by atoms with van der Waals surface area (Å²) in [6.07, 6.45) is 1.65. The first-order chi connectivity index (χ1) is 14.8. The van der Waals surface area contributed by atoms with Crippen LogP contribution in [0.5, 0.6) is 5.75 Å². The fourth-order valence-electron chi connectivity index (χ4n) is 3.86. The van der Waals surface area contributed by atoms with E-state index in [0.717, 1.165) is 29.1 Å². The molecule has 1 atom stereocenters. The number of nitrogens with zero attached hydrogens (tertiary/aromatic N) is 4. The Balaban J connectivity index is 1.33. The summed E-state index contributed by atoms with van der Waals surface area (Å²) in [6.45, 7) is 5.59. The van der Waals surface area contributed by atoms with Gasteiger partial charge in [-0.1, -0.05) is 6.07 Å². The minimum atomic E-state index is -1.86. The van der Waals surface area contributed by atoms with Crippen LogP contribution in [0, 0.1) is 0 Å². The average molecular weight is 429 g/mol. The Hall–Kier alpha value is -2.94. The van der Waals surface area contributed by atoms with Crippen LogP contribution in [0.1, 0.15) is 31.1 Å². The van der Waals surface area contributed by atoms with Crippen molar-refractivity contribution in [2.24, 2.45) is 0 Å². The van der Waals surface area contributed by atoms with Gasteiger partial charge < -0.3 is 25.0 Å². The Morgan fingerprint density at radius 1 is 1.26 bits per heavy atom. The predicted octanol–water partition coefficient (Wildman–Crippen LogP) is 1.95. The maximum Gasteiger partial charge on any atom is 0.259 e. The normalized spacial score (nSPS) is 17.2. The third kappa shape index (κ3) is 4.87. The number of hydrogen-bond donors (Lipinski definition) is 2. The summed E-state index contributed by atoms with van der Waals surface area (Å²) in [4.78, 5) is 24.3. The summed E-state index contributed by atoms with van der Waals surface area (Å²) in [6, 6.07) is 7.58. The highest BCUT2D eigenvalue weighted by atomic mass is 19.1. The number of fused-ring (bicyclic) bond motifs is 1. The van der Waals surface area contributed by atoms with E-state index >= 15 is 0 Å². The fourth-order valence-corrected chi connectivity index (χ4v) is 3.86. The first-order valence-corrected chi connectivity index (χ1v) is 10.5. The summed E-state index contributed by atoms with van der Waals surface area (Å²) in [5, 5.41) is 13.7. The summed E-state index contributed by atoms with van der Waals surface area (Å²) >= 11 is 0. The second-order valence-corrected chi connectivity index (χ2v) is 8.38. The SMILES string of the molecule is CC(C)(F)C(=O)N1CCN(c2cc(NCC(O)c3ccc4c(c3)CCO4)ncn2)CC1. The molecule has 1 aromatic heterocycles. The highest BCUT2D eigenvalue weighted by molar-refractivity contribution is 5.84. The molecule has 1 saturated heterocycles. The van der Waals surface area contributed by atoms with E-state index in [1.807, 2.05) is 29.2 Å². The molecule has 2 N–H and O–H groups in total. The number of anilines is 2. The van der Waals surface area contributed by atoms with Gasteiger partial charge in [0.2, 0.25) is 0 Å². The molecule has 2 aliphatic rings. The molecule has 0 bridgehead atoms. The monoisotopic (exact) mass is 429 g/mol. The van der Waals surface area contributed by atoms with Gasteiger partial charge in [-0.2, -0.15) is 0 Å². The summed E-state index contributed by atoms with van der Waals surface area (Å²) in [7, 11) is 0. The Kier molecular flexibility index (Phi) is 5.95. The number of halogens is 1. The minimum Gasteiger partial charge on any atom is -0.493 e. The van der Waals surface area contributed by atoms with Gasteiger partial charge in [0.05, 0.1) is 12.7 Å². The maximum atomic E-state index is 13.9. The van der Waals surface area contributed by atoms with Gasteiger partial charge in [0.15, 0.2) is 5.67 Å². The molecule has 166 valence electrons. The van der Waals surface area contributed by atoms with Crippen LogP contribution in [0.3, 0.4) is 0 Å². The van der Waals surface area contributed by atoms with Gasteiger partial charge in [0.1, 0.15) is 23.7 Å². The number of aliphatic hydroxyl groups is 1. The Morgan fingerprint density at radius 3 is 2.77 bits per heavy atom. The zero-order valence-electron chi connectivity index (χ0n) is 17.8. The molecule has 31 heavy (non-hydrogen) atoms. The summed E-state index contributed by atoms with van der Waals surface area (Å²) in [5.74, 6) is 1.75. The molecule has 1 unspecified atom stereocenters. The highest BCUT2D eigenvalue weighted by Crippen LogP contribution is 2.28. The molecular formula is C22H28FN5O3. The number of carbonyl (C=O) groups excluding carboxylic acids is 1. The molecular weight excluding hydrogens is 401 g/mol. The van der Waals surface area contributed by atoms with E-state index < -0.39 is 17.7 Å². The highest BCUT2D eigenvalue weighted by Gasteiger charge is 2.33. The largest absolute Gasteiger partial charge is 0.493 e. The van der Waals surface area contributed by atoms with Crippen LogP contribution < -0.4 is 15.0 Å². The zero-order chi connectivity index (χ0) is 22.0. The minimum absolute atomic E-state index is 0.309. The standard InChI is InChI=1S/C22H28FN5O3/c1-22(2,23)21(30)28-8-6-27(7-9-28)20-12-19(25-14-26-20)24-13-17(29)15-3-4-18-16(11-15)5-10-31-18/h3-4,11-12,14,17,29H,5-10,13H2,1-2H3,(H,24,25,26). The van der Waals surface area contributed by atoms with Crippen LogP contribution in [0.15, 0.2) is 30.6 Å². The predicted molar refractivity (Wildman–Crippen MR) is 115 cm³/mol. The summed E-state index contributed by atoms with van der Waals surface area (Å²) in [5.41, 5.74) is 0.0955. The van der Waals surface area contributed by atoms with Crippen molar-refractivity contribution in [1.29, 1.82) is 0 Å². The van der Waals surface area contributed by atoms with Crippen LogP contribution in [-0.4, -0.2) is 70.9 Å². The molecule has 2 aromatic rings. The lowest BCUT2D eigenvalue weighted by molar-refractivity contribution is -0.142. The number of benzene rings is 1. The van der Waals surface area contributed by atoms with Crippen molar-refractivity contribution in [1.82, 2.24) is 14.9 Å². The topological polar surface area (TPSA) is 90.8 Å². The lowest BCUT2D eigenvalue weighted by Gasteiger charge is -2.37. The van der Waals surface area contributed by atoms with Crippen molar-refractivity contribution in [3.8, 4) is 5.75 Å². The zero-order valence-corrected chi connectivity index (χ0v) is 17.8. The van der Waals surface area contributed by atoms with Gasteiger partial charge in [0.25, 0.3) is 5.91 Å². The Labute approximate surface area is 181 Å². The first kappa shape index (κ1) is 21.3. The molecule has 0 saturated carbocycles. The smallest absolute Gasteiger partial charge is 0.259 e. The van der Waals surface area contributed by atoms with E-state index in [4.69, 9.17) is 4.74 Å². The number of carbonyl (C=O) groups is 1. The second-order valence-electron chi connectivity index (χ2n) is 8.38. The quantitative estimate of drug-likeness (QED) is 0.725. The van der Waals surface area contributed by atoms with Gasteiger partial charge in [-0.3, -0.25) is 4.79 Å². The van der Waals surface area contributed by atoms with E-state index in [1.54, 1.807) is 4.90 Å². The van der Waals surface area contributed by atoms with Gasteiger partial charge in [-0.15, -0.1) is 0 Å². The summed E-state index contributed by atoms with van der Waals surface area (Å²) < 4.78 is 19.4. The lowest BCUT2D eigenvalue weighted by Crippen LogP contribution is -2.53. The number of piperazine rings is 1. The number of amides is 1. The van der Waals surface area contributed by atoms with E-state index in [2.05, 4.69) is 15.3 Å². The molecule has 8 nitrogen and oxygen atoms in total. The van der Waals surface area contributed by atoms with Crippen LogP contribution >= 0.6 is 0 Å². The first-order valence-electron chi connectivity index (χ1n) is 10.5. The molecule has 0 aliphatic carbocycles. The Morgan fingerprint density at radius 2 is 2.03 bits per heavy atom. The van der Waals surface area contributed by atoms with E-state index in [9.17, 15) is 14.3 Å². The third-order valence-electron chi connectivity index (χ3n) is 5.63. The second kappa shape index (κ2) is 8.66. The van der Waals surface area contributed by atoms with Crippen LogP contribution in [0.2, 0.25) is 0 Å². The number of alkyl halides is 1. The third-order valence-corrected chi connectivity index (χ3v) is 5.63. The molecule has 9 heteroatoms. The van der Waals surface area contributed by atoms with Crippen molar-refractivity contribution in [2.75, 3.05) is 49.5 Å². The molecule has 1 fully saturated rings. The molecule has 1 aromatic carbocycles. The van der Waals surface area contributed by atoms with Crippen LogP contribution in [-0.2, 0) is 11.2 Å².